The number of nitrogens with zero attached hydrogens (tertiary/aromatic N) is 4. The fourth-order valence-electron chi connectivity index (χ4n) is 3.48. The van der Waals surface area contributed by atoms with Gasteiger partial charge in [0.05, 0.1) is 7.11 Å². The van der Waals surface area contributed by atoms with E-state index in [0.717, 1.165) is 24.5 Å². The van der Waals surface area contributed by atoms with Crippen LogP contribution in [0.4, 0.5) is 10.1 Å². The molecule has 1 aliphatic heterocycles. The van der Waals surface area contributed by atoms with Crippen LogP contribution in [0.15, 0.2) is 53.1 Å². The minimum Gasteiger partial charge on any atom is -0.497 e. The molecule has 1 fully saturated rings. The summed E-state index contributed by atoms with van der Waals surface area (Å²) in [4.78, 5) is 21.0. The topological polar surface area (TPSA) is 71.7 Å². The van der Waals surface area contributed by atoms with Gasteiger partial charge in [0.2, 0.25) is 17.6 Å². The summed E-state index contributed by atoms with van der Waals surface area (Å²) in [5, 5.41) is 3.88. The molecule has 2 heterocycles. The lowest BCUT2D eigenvalue weighted by Gasteiger charge is -2.36. The van der Waals surface area contributed by atoms with Gasteiger partial charge in [-0.2, -0.15) is 4.98 Å². The molecule has 0 bridgehead atoms. The van der Waals surface area contributed by atoms with Crippen molar-refractivity contribution in [3.8, 4) is 17.1 Å². The van der Waals surface area contributed by atoms with Crippen molar-refractivity contribution in [3.05, 3.63) is 60.2 Å². The van der Waals surface area contributed by atoms with Crippen LogP contribution in [0.3, 0.4) is 0 Å². The highest BCUT2D eigenvalue weighted by atomic mass is 19.1. The maximum Gasteiger partial charge on any atom is 0.227 e. The molecule has 30 heavy (non-hydrogen) atoms. The van der Waals surface area contributed by atoms with Crippen molar-refractivity contribution in [1.82, 2.24) is 15.0 Å². The van der Waals surface area contributed by atoms with Crippen LogP contribution >= 0.6 is 0 Å². The molecule has 1 amide bonds. The lowest BCUT2D eigenvalue weighted by Crippen LogP contribution is -2.48. The molecule has 3 aromatic rings. The van der Waals surface area contributed by atoms with Gasteiger partial charge in [-0.05, 0) is 36.4 Å². The first-order valence-electron chi connectivity index (χ1n) is 9.87. The number of anilines is 1. The number of carbonyl (C=O) groups is 1. The van der Waals surface area contributed by atoms with Crippen molar-refractivity contribution in [2.24, 2.45) is 0 Å². The number of hydrogen-bond donors (Lipinski definition) is 0. The summed E-state index contributed by atoms with van der Waals surface area (Å²) >= 11 is 0. The molecular formula is C22H23FN4O3. The molecular weight excluding hydrogens is 387 g/mol. The largest absolute Gasteiger partial charge is 0.497 e. The number of carbonyl (C=O) groups excluding carboxylic acids is 1. The number of aryl methyl sites for hydroxylation is 1. The third kappa shape index (κ3) is 4.59. The number of halogens is 1. The van der Waals surface area contributed by atoms with Crippen LogP contribution in [0.2, 0.25) is 0 Å². The number of aromatic nitrogens is 2. The van der Waals surface area contributed by atoms with Crippen LogP contribution < -0.4 is 9.64 Å². The van der Waals surface area contributed by atoms with Gasteiger partial charge < -0.3 is 19.1 Å². The number of benzene rings is 2. The zero-order valence-corrected chi connectivity index (χ0v) is 16.8. The molecule has 1 aromatic heterocycles. The fraction of sp³-hybridized carbons (Fsp3) is 0.318. The Morgan fingerprint density at radius 2 is 1.90 bits per heavy atom. The zero-order chi connectivity index (χ0) is 20.9. The molecule has 156 valence electrons. The van der Waals surface area contributed by atoms with E-state index < -0.39 is 0 Å². The quantitative estimate of drug-likeness (QED) is 0.622. The Balaban J connectivity index is 1.27. The van der Waals surface area contributed by atoms with Crippen molar-refractivity contribution in [2.45, 2.75) is 12.8 Å². The highest BCUT2D eigenvalue weighted by Gasteiger charge is 2.22. The van der Waals surface area contributed by atoms with Crippen LogP contribution in [-0.4, -0.2) is 54.2 Å². The number of methoxy groups -OCH3 is 1. The molecule has 7 nitrogen and oxygen atoms in total. The summed E-state index contributed by atoms with van der Waals surface area (Å²) in [5.74, 6) is 1.23. The Morgan fingerprint density at radius 1 is 1.13 bits per heavy atom. The van der Waals surface area contributed by atoms with Crippen molar-refractivity contribution in [1.29, 1.82) is 0 Å². The molecule has 0 radical (unpaired) electrons. The van der Waals surface area contributed by atoms with Gasteiger partial charge in [0.15, 0.2) is 0 Å². The van der Waals surface area contributed by atoms with Crippen LogP contribution in [0.25, 0.3) is 11.4 Å². The van der Waals surface area contributed by atoms with Crippen molar-refractivity contribution < 1.29 is 18.4 Å². The maximum absolute atomic E-state index is 13.3. The normalized spacial score (nSPS) is 14.1. The van der Waals surface area contributed by atoms with Crippen LogP contribution in [0, 0.1) is 5.82 Å². The molecule has 0 saturated carbocycles. The summed E-state index contributed by atoms with van der Waals surface area (Å²) in [6, 6.07) is 14.0. The molecule has 0 N–H and O–H groups in total. The number of amides is 1. The lowest BCUT2D eigenvalue weighted by atomic mass is 10.2. The van der Waals surface area contributed by atoms with Gasteiger partial charge in [-0.15, -0.1) is 0 Å². The molecule has 4 rings (SSSR count). The van der Waals surface area contributed by atoms with Gasteiger partial charge >= 0.3 is 0 Å². The van der Waals surface area contributed by atoms with Crippen molar-refractivity contribution in [3.63, 3.8) is 0 Å². The third-order valence-corrected chi connectivity index (χ3v) is 5.17. The molecule has 1 saturated heterocycles. The highest BCUT2D eigenvalue weighted by Crippen LogP contribution is 2.21. The summed E-state index contributed by atoms with van der Waals surface area (Å²) in [6.07, 6.45) is 0.660. The van der Waals surface area contributed by atoms with E-state index in [1.54, 1.807) is 19.2 Å². The summed E-state index contributed by atoms with van der Waals surface area (Å²) in [7, 11) is 1.65. The summed E-state index contributed by atoms with van der Waals surface area (Å²) < 4.78 is 23.8. The molecule has 0 spiro atoms. The fourth-order valence-corrected chi connectivity index (χ4v) is 3.48. The van der Waals surface area contributed by atoms with Crippen LogP contribution in [-0.2, 0) is 11.2 Å². The van der Waals surface area contributed by atoms with E-state index in [1.807, 2.05) is 29.2 Å². The second-order valence-electron chi connectivity index (χ2n) is 7.09. The average Bonchev–Trinajstić information content (AvgIpc) is 3.27. The van der Waals surface area contributed by atoms with Crippen molar-refractivity contribution >= 4 is 11.6 Å². The van der Waals surface area contributed by atoms with E-state index in [4.69, 9.17) is 9.26 Å². The molecule has 2 aromatic carbocycles. The van der Waals surface area contributed by atoms with E-state index >= 15 is 0 Å². The third-order valence-electron chi connectivity index (χ3n) is 5.17. The van der Waals surface area contributed by atoms with Gasteiger partial charge in [0, 0.05) is 50.3 Å². The van der Waals surface area contributed by atoms with Crippen LogP contribution in [0.5, 0.6) is 5.75 Å². The Morgan fingerprint density at radius 3 is 2.60 bits per heavy atom. The van der Waals surface area contributed by atoms with Gasteiger partial charge in [-0.25, -0.2) is 4.39 Å². The minimum absolute atomic E-state index is 0.0647. The van der Waals surface area contributed by atoms with Crippen molar-refractivity contribution in [2.75, 3.05) is 38.2 Å². The van der Waals surface area contributed by atoms with E-state index in [9.17, 15) is 9.18 Å². The second-order valence-corrected chi connectivity index (χ2v) is 7.09. The molecule has 8 heteroatoms. The van der Waals surface area contributed by atoms with Crippen LogP contribution in [0.1, 0.15) is 12.3 Å². The van der Waals surface area contributed by atoms with Gasteiger partial charge in [-0.3, -0.25) is 4.79 Å². The highest BCUT2D eigenvalue weighted by molar-refractivity contribution is 5.76. The first kappa shape index (κ1) is 19.9. The molecule has 0 aliphatic carbocycles. The molecule has 1 aliphatic rings. The smallest absolute Gasteiger partial charge is 0.227 e. The van der Waals surface area contributed by atoms with Gasteiger partial charge in [0.1, 0.15) is 11.6 Å². The van der Waals surface area contributed by atoms with Gasteiger partial charge in [0.25, 0.3) is 0 Å². The van der Waals surface area contributed by atoms with Gasteiger partial charge in [-0.1, -0.05) is 17.3 Å². The minimum atomic E-state index is -0.359. The summed E-state index contributed by atoms with van der Waals surface area (Å²) in [5.41, 5.74) is 1.67. The first-order valence-corrected chi connectivity index (χ1v) is 9.87. The standard InChI is InChI=1S/C22H23FN4O3/c1-29-19-7-5-18(6-8-19)26-11-13-27(14-12-26)21(28)10-9-20-24-22(25-30-20)16-3-2-4-17(23)15-16/h2-8,15H,9-14H2,1H3. The average molecular weight is 410 g/mol. The Bertz CT molecular complexity index is 998. The first-order chi connectivity index (χ1) is 14.6. The predicted octanol–water partition coefficient (Wildman–Crippen LogP) is 3.17. The number of hydrogen-bond acceptors (Lipinski definition) is 6. The Labute approximate surface area is 174 Å². The summed E-state index contributed by atoms with van der Waals surface area (Å²) in [6.45, 7) is 2.90. The van der Waals surface area contributed by atoms with E-state index in [0.29, 0.717) is 43.2 Å². The lowest BCUT2D eigenvalue weighted by molar-refractivity contribution is -0.131. The molecule has 0 unspecified atom stereocenters. The number of rotatable bonds is 6. The second kappa shape index (κ2) is 8.94. The van der Waals surface area contributed by atoms with E-state index in [2.05, 4.69) is 15.0 Å². The zero-order valence-electron chi connectivity index (χ0n) is 16.8. The maximum atomic E-state index is 13.3. The van der Waals surface area contributed by atoms with E-state index in [1.165, 1.54) is 12.1 Å². The molecule has 0 atom stereocenters. The monoisotopic (exact) mass is 410 g/mol. The Hall–Kier alpha value is -3.42. The Kier molecular flexibility index (Phi) is 5.92. The number of piperazine rings is 1. The predicted molar refractivity (Wildman–Crippen MR) is 110 cm³/mol. The SMILES string of the molecule is COc1ccc(N2CCN(C(=O)CCc3nc(-c4cccc(F)c4)no3)CC2)cc1. The number of ether oxygens (including phenoxy) is 1. The van der Waals surface area contributed by atoms with E-state index in [-0.39, 0.29) is 11.7 Å².